The molecule has 3 aromatic carbocycles. The maximum Gasteiger partial charge on any atom is 0.249 e. The van der Waals surface area contributed by atoms with Gasteiger partial charge in [0.2, 0.25) is 17.6 Å². The Balaban J connectivity index is 1.46. The Hall–Kier alpha value is -3.73. The maximum absolute atomic E-state index is 13.9. The highest BCUT2D eigenvalue weighted by atomic mass is 16.5. The van der Waals surface area contributed by atoms with Gasteiger partial charge >= 0.3 is 0 Å². The molecule has 1 aliphatic heterocycles. The molecule has 0 bridgehead atoms. The van der Waals surface area contributed by atoms with Gasteiger partial charge in [-0.3, -0.25) is 4.79 Å². The molecule has 1 saturated heterocycles. The van der Waals surface area contributed by atoms with Gasteiger partial charge in [0.1, 0.15) is 6.04 Å². The average molecular weight is 424 g/mol. The van der Waals surface area contributed by atoms with Crippen molar-refractivity contribution in [3.05, 3.63) is 108 Å². The summed E-state index contributed by atoms with van der Waals surface area (Å²) in [7, 11) is 0. The van der Waals surface area contributed by atoms with Gasteiger partial charge in [0, 0.05) is 12.1 Å². The number of nitrogens with zero attached hydrogens (tertiary/aromatic N) is 3. The van der Waals surface area contributed by atoms with Gasteiger partial charge in [0.15, 0.2) is 0 Å². The second-order valence-electron chi connectivity index (χ2n) is 8.27. The molecule has 1 aromatic heterocycles. The van der Waals surface area contributed by atoms with E-state index in [0.717, 1.165) is 35.1 Å². The first-order chi connectivity index (χ1) is 15.7. The van der Waals surface area contributed by atoms with Crippen molar-refractivity contribution in [2.24, 2.45) is 0 Å². The molecule has 2 heterocycles. The predicted molar refractivity (Wildman–Crippen MR) is 123 cm³/mol. The molecule has 32 heavy (non-hydrogen) atoms. The average Bonchev–Trinajstić information content (AvgIpc) is 3.50. The first-order valence-electron chi connectivity index (χ1n) is 11.0. The SMILES string of the molecule is Cc1cccc(-c2noc(C3CCCN3C(=O)C(c3ccccc3)c3ccccc3)n2)c1. The number of carbonyl (C=O) groups is 1. The summed E-state index contributed by atoms with van der Waals surface area (Å²) in [5, 5.41) is 4.20. The highest BCUT2D eigenvalue weighted by Gasteiger charge is 2.38. The lowest BCUT2D eigenvalue weighted by atomic mass is 9.90. The first kappa shape index (κ1) is 20.2. The summed E-state index contributed by atoms with van der Waals surface area (Å²) in [6.45, 7) is 2.72. The molecule has 0 saturated carbocycles. The van der Waals surface area contributed by atoms with Crippen LogP contribution in [-0.4, -0.2) is 27.5 Å². The molecule has 160 valence electrons. The number of likely N-dealkylation sites (tertiary alicyclic amines) is 1. The Kier molecular flexibility index (Phi) is 5.55. The lowest BCUT2D eigenvalue weighted by molar-refractivity contribution is -0.133. The van der Waals surface area contributed by atoms with Gasteiger partial charge in [-0.25, -0.2) is 0 Å². The van der Waals surface area contributed by atoms with Crippen LogP contribution < -0.4 is 0 Å². The molecule has 5 heteroatoms. The van der Waals surface area contributed by atoms with Crippen molar-refractivity contribution in [2.75, 3.05) is 6.54 Å². The lowest BCUT2D eigenvalue weighted by Crippen LogP contribution is -2.35. The Bertz CT molecular complexity index is 1160. The topological polar surface area (TPSA) is 59.2 Å². The minimum absolute atomic E-state index is 0.0696. The monoisotopic (exact) mass is 423 g/mol. The van der Waals surface area contributed by atoms with Crippen molar-refractivity contribution in [1.82, 2.24) is 15.0 Å². The van der Waals surface area contributed by atoms with Crippen molar-refractivity contribution in [1.29, 1.82) is 0 Å². The molecule has 5 rings (SSSR count). The van der Waals surface area contributed by atoms with Gasteiger partial charge in [-0.15, -0.1) is 0 Å². The van der Waals surface area contributed by atoms with Crippen LogP contribution in [0.25, 0.3) is 11.4 Å². The fourth-order valence-corrected chi connectivity index (χ4v) is 4.49. The number of hydrogen-bond acceptors (Lipinski definition) is 4. The first-order valence-corrected chi connectivity index (χ1v) is 11.0. The number of benzene rings is 3. The van der Waals surface area contributed by atoms with E-state index in [9.17, 15) is 4.79 Å². The third-order valence-electron chi connectivity index (χ3n) is 6.05. The Morgan fingerprint density at radius 1 is 0.969 bits per heavy atom. The highest BCUT2D eigenvalue weighted by Crippen LogP contribution is 2.36. The fourth-order valence-electron chi connectivity index (χ4n) is 4.49. The van der Waals surface area contributed by atoms with Crippen LogP contribution in [0, 0.1) is 6.92 Å². The summed E-state index contributed by atoms with van der Waals surface area (Å²) in [6.07, 6.45) is 1.73. The summed E-state index contributed by atoms with van der Waals surface area (Å²) < 4.78 is 5.66. The van der Waals surface area contributed by atoms with Gasteiger partial charge in [-0.05, 0) is 37.0 Å². The largest absolute Gasteiger partial charge is 0.337 e. The molecule has 0 spiro atoms. The fraction of sp³-hybridized carbons (Fsp3) is 0.222. The highest BCUT2D eigenvalue weighted by molar-refractivity contribution is 5.87. The number of aryl methyl sites for hydroxylation is 1. The molecule has 1 atom stereocenters. The number of amides is 1. The van der Waals surface area contributed by atoms with E-state index in [1.54, 1.807) is 0 Å². The van der Waals surface area contributed by atoms with Crippen LogP contribution in [0.5, 0.6) is 0 Å². The van der Waals surface area contributed by atoms with Crippen molar-refractivity contribution in [2.45, 2.75) is 31.7 Å². The molecule has 4 aromatic rings. The van der Waals surface area contributed by atoms with E-state index in [1.165, 1.54) is 0 Å². The second-order valence-corrected chi connectivity index (χ2v) is 8.27. The van der Waals surface area contributed by atoms with Gasteiger partial charge < -0.3 is 9.42 Å². The number of hydrogen-bond donors (Lipinski definition) is 0. The molecule has 0 N–H and O–H groups in total. The van der Waals surface area contributed by atoms with E-state index in [4.69, 9.17) is 4.52 Å². The van der Waals surface area contributed by atoms with E-state index < -0.39 is 0 Å². The van der Waals surface area contributed by atoms with Crippen molar-refractivity contribution in [3.63, 3.8) is 0 Å². The Morgan fingerprint density at radius 2 is 1.66 bits per heavy atom. The summed E-state index contributed by atoms with van der Waals surface area (Å²) in [6, 6.07) is 27.7. The summed E-state index contributed by atoms with van der Waals surface area (Å²) in [5.74, 6) is 0.773. The van der Waals surface area contributed by atoms with E-state index in [2.05, 4.69) is 10.1 Å². The van der Waals surface area contributed by atoms with Gasteiger partial charge in [0.25, 0.3) is 0 Å². The van der Waals surface area contributed by atoms with Crippen molar-refractivity contribution in [3.8, 4) is 11.4 Å². The lowest BCUT2D eigenvalue weighted by Gasteiger charge is -2.27. The molecule has 5 nitrogen and oxygen atoms in total. The van der Waals surface area contributed by atoms with Crippen LogP contribution in [-0.2, 0) is 4.79 Å². The third kappa shape index (κ3) is 3.94. The Morgan fingerprint density at radius 3 is 2.31 bits per heavy atom. The zero-order chi connectivity index (χ0) is 21.9. The zero-order valence-electron chi connectivity index (χ0n) is 18.0. The number of aromatic nitrogens is 2. The molecular formula is C27H25N3O2. The molecule has 1 unspecified atom stereocenters. The summed E-state index contributed by atoms with van der Waals surface area (Å²) in [4.78, 5) is 20.5. The molecular weight excluding hydrogens is 398 g/mol. The van der Waals surface area contributed by atoms with Crippen LogP contribution in [0.2, 0.25) is 0 Å². The van der Waals surface area contributed by atoms with Gasteiger partial charge in [-0.2, -0.15) is 4.98 Å². The maximum atomic E-state index is 13.9. The van der Waals surface area contributed by atoms with Crippen LogP contribution in [0.1, 0.15) is 47.4 Å². The van der Waals surface area contributed by atoms with Crippen molar-refractivity contribution < 1.29 is 9.32 Å². The molecule has 0 radical (unpaired) electrons. The van der Waals surface area contributed by atoms with Gasteiger partial charge in [-0.1, -0.05) is 89.6 Å². The van der Waals surface area contributed by atoms with Crippen LogP contribution >= 0.6 is 0 Å². The zero-order valence-corrected chi connectivity index (χ0v) is 18.0. The van der Waals surface area contributed by atoms with Gasteiger partial charge in [0.05, 0.1) is 5.92 Å². The predicted octanol–water partition coefficient (Wildman–Crippen LogP) is 5.54. The van der Waals surface area contributed by atoms with E-state index in [1.807, 2.05) is 96.8 Å². The van der Waals surface area contributed by atoms with Crippen LogP contribution in [0.15, 0.2) is 89.5 Å². The molecule has 1 fully saturated rings. The Labute approximate surface area is 187 Å². The van der Waals surface area contributed by atoms with E-state index >= 15 is 0 Å². The minimum atomic E-state index is -0.364. The van der Waals surface area contributed by atoms with E-state index in [0.29, 0.717) is 18.3 Å². The number of rotatable bonds is 5. The molecule has 1 aliphatic rings. The standard InChI is InChI=1S/C27H25N3O2/c1-19-10-8-15-22(18-19)25-28-26(32-29-25)23-16-9-17-30(23)27(31)24(20-11-4-2-5-12-20)21-13-6-3-7-14-21/h2-8,10-15,18,23-24H,9,16-17H2,1H3. The summed E-state index contributed by atoms with van der Waals surface area (Å²) in [5.41, 5.74) is 4.03. The van der Waals surface area contributed by atoms with Crippen LogP contribution in [0.4, 0.5) is 0 Å². The third-order valence-corrected chi connectivity index (χ3v) is 6.05. The normalized spacial score (nSPS) is 15.9. The smallest absolute Gasteiger partial charge is 0.249 e. The van der Waals surface area contributed by atoms with E-state index in [-0.39, 0.29) is 17.9 Å². The van der Waals surface area contributed by atoms with Crippen LogP contribution in [0.3, 0.4) is 0 Å². The molecule has 1 amide bonds. The minimum Gasteiger partial charge on any atom is -0.337 e. The second kappa shape index (κ2) is 8.79. The summed E-state index contributed by atoms with van der Waals surface area (Å²) >= 11 is 0. The number of carbonyl (C=O) groups excluding carboxylic acids is 1. The molecule has 0 aliphatic carbocycles. The quantitative estimate of drug-likeness (QED) is 0.423. The van der Waals surface area contributed by atoms with Crippen molar-refractivity contribution >= 4 is 5.91 Å².